The Morgan fingerprint density at radius 2 is 1.81 bits per heavy atom. The van der Waals surface area contributed by atoms with Gasteiger partial charge in [-0.3, -0.25) is 24.3 Å². The Morgan fingerprint density at radius 3 is 2.59 bits per heavy atom. The van der Waals surface area contributed by atoms with Gasteiger partial charge in [-0.15, -0.1) is 0 Å². The summed E-state index contributed by atoms with van der Waals surface area (Å²) < 4.78 is 0. The number of piperidine rings is 1. The molecule has 0 spiro atoms. The van der Waals surface area contributed by atoms with Crippen molar-refractivity contribution in [3.8, 4) is 0 Å². The Morgan fingerprint density at radius 1 is 1.03 bits per heavy atom. The van der Waals surface area contributed by atoms with Gasteiger partial charge in [-0.05, 0) is 42.7 Å². The van der Waals surface area contributed by atoms with E-state index >= 15 is 0 Å². The first kappa shape index (κ1) is 21.0. The molecule has 8 heteroatoms. The summed E-state index contributed by atoms with van der Waals surface area (Å²) in [5, 5.41) is 0. The van der Waals surface area contributed by atoms with Gasteiger partial charge in [-0.25, -0.2) is 0 Å². The third kappa shape index (κ3) is 3.88. The van der Waals surface area contributed by atoms with Gasteiger partial charge in [-0.1, -0.05) is 6.07 Å². The first-order valence-corrected chi connectivity index (χ1v) is 12.3. The lowest BCUT2D eigenvalue weighted by Crippen LogP contribution is -2.47. The third-order valence-corrected chi connectivity index (χ3v) is 7.44. The van der Waals surface area contributed by atoms with E-state index in [1.165, 1.54) is 4.90 Å². The molecule has 0 unspecified atom stereocenters. The lowest BCUT2D eigenvalue weighted by molar-refractivity contribution is -0.135. The largest absolute Gasteiger partial charge is 0.370 e. The topological polar surface area (TPSA) is 73.8 Å². The number of benzene rings is 1. The molecular formula is C24H26N4O3S. The van der Waals surface area contributed by atoms with Gasteiger partial charge in [0.05, 0.1) is 29.3 Å². The van der Waals surface area contributed by atoms with Crippen molar-refractivity contribution in [1.29, 1.82) is 0 Å². The molecule has 0 radical (unpaired) electrons. The number of imide groups is 1. The number of pyridine rings is 1. The molecule has 2 fully saturated rings. The third-order valence-electron chi connectivity index (χ3n) is 6.50. The maximum absolute atomic E-state index is 13.3. The molecule has 1 aromatic carbocycles. The van der Waals surface area contributed by atoms with Crippen molar-refractivity contribution >= 4 is 35.2 Å². The predicted molar refractivity (Wildman–Crippen MR) is 124 cm³/mol. The number of amides is 3. The van der Waals surface area contributed by atoms with Crippen LogP contribution in [0.15, 0.2) is 42.7 Å². The Kier molecular flexibility index (Phi) is 5.87. The number of aromatic nitrogens is 1. The van der Waals surface area contributed by atoms with E-state index in [-0.39, 0.29) is 30.2 Å². The van der Waals surface area contributed by atoms with Crippen molar-refractivity contribution in [3.05, 3.63) is 59.4 Å². The Bertz CT molecular complexity index is 1040. The molecule has 32 heavy (non-hydrogen) atoms. The molecule has 1 atom stereocenters. The standard InChI is InChI=1S/C24H26N4O3S/c29-22(26-11-13-32-14-12-26)18-3-2-10-27(16-18)20-5-1-4-19-21(20)24(31)28(23(19)30)15-17-6-8-25-9-7-17/h1,4-9,18H,2-3,10-16H2/t18-/m1/s1. The number of nitrogens with zero attached hydrogens (tertiary/aromatic N) is 4. The zero-order chi connectivity index (χ0) is 22.1. The van der Waals surface area contributed by atoms with Gasteiger partial charge in [0.2, 0.25) is 5.91 Å². The summed E-state index contributed by atoms with van der Waals surface area (Å²) in [6.07, 6.45) is 5.08. The first-order valence-electron chi connectivity index (χ1n) is 11.1. The predicted octanol–water partition coefficient (Wildman–Crippen LogP) is 2.67. The van der Waals surface area contributed by atoms with E-state index in [0.717, 1.165) is 55.2 Å². The van der Waals surface area contributed by atoms with Crippen molar-refractivity contribution in [3.63, 3.8) is 0 Å². The van der Waals surface area contributed by atoms with E-state index in [1.807, 2.05) is 40.9 Å². The maximum Gasteiger partial charge on any atom is 0.263 e. The number of fused-ring (bicyclic) bond motifs is 1. The average molecular weight is 451 g/mol. The number of carbonyl (C=O) groups is 3. The molecule has 0 bridgehead atoms. The molecule has 5 rings (SSSR count). The second kappa shape index (κ2) is 8.94. The van der Waals surface area contributed by atoms with E-state index in [9.17, 15) is 14.4 Å². The minimum absolute atomic E-state index is 0.0668. The van der Waals surface area contributed by atoms with Crippen LogP contribution in [-0.4, -0.2) is 70.2 Å². The number of hydrogen-bond acceptors (Lipinski definition) is 6. The van der Waals surface area contributed by atoms with Crippen LogP contribution in [0.4, 0.5) is 5.69 Å². The molecule has 2 saturated heterocycles. The fourth-order valence-corrected chi connectivity index (χ4v) is 5.74. The SMILES string of the molecule is O=C([C@@H]1CCCN(c2cccc3c2C(=O)N(Cc2ccncc2)C3=O)C1)N1CCSCC1. The van der Waals surface area contributed by atoms with Crippen LogP contribution in [0.2, 0.25) is 0 Å². The highest BCUT2D eigenvalue weighted by Gasteiger charge is 2.39. The molecule has 0 saturated carbocycles. The molecule has 4 heterocycles. The number of hydrogen-bond donors (Lipinski definition) is 0. The van der Waals surface area contributed by atoms with Crippen LogP contribution in [0.1, 0.15) is 39.1 Å². The monoisotopic (exact) mass is 450 g/mol. The quantitative estimate of drug-likeness (QED) is 0.667. The second-order valence-corrected chi connectivity index (χ2v) is 9.70. The van der Waals surface area contributed by atoms with Crippen molar-refractivity contribution in [2.24, 2.45) is 5.92 Å². The van der Waals surface area contributed by atoms with Gasteiger partial charge in [0.25, 0.3) is 11.8 Å². The van der Waals surface area contributed by atoms with Crippen LogP contribution >= 0.6 is 11.8 Å². The summed E-state index contributed by atoms with van der Waals surface area (Å²) in [6.45, 7) is 3.23. The summed E-state index contributed by atoms with van der Waals surface area (Å²) in [6, 6.07) is 9.09. The van der Waals surface area contributed by atoms with Gasteiger partial charge in [0.15, 0.2) is 0 Å². The van der Waals surface area contributed by atoms with Crippen LogP contribution in [-0.2, 0) is 11.3 Å². The normalized spacial score (nSPS) is 21.1. The van der Waals surface area contributed by atoms with Gasteiger partial charge in [0.1, 0.15) is 0 Å². The lowest BCUT2D eigenvalue weighted by atomic mass is 9.94. The average Bonchev–Trinajstić information content (AvgIpc) is 3.10. The van der Waals surface area contributed by atoms with Crippen molar-refractivity contribution < 1.29 is 14.4 Å². The molecule has 2 aromatic rings. The highest BCUT2D eigenvalue weighted by Crippen LogP contribution is 2.35. The number of rotatable bonds is 4. The molecule has 1 aromatic heterocycles. The molecule has 0 aliphatic carbocycles. The van der Waals surface area contributed by atoms with Gasteiger partial charge in [0, 0.05) is 50.1 Å². The molecule has 7 nitrogen and oxygen atoms in total. The van der Waals surface area contributed by atoms with Gasteiger partial charge >= 0.3 is 0 Å². The van der Waals surface area contributed by atoms with Crippen LogP contribution < -0.4 is 4.90 Å². The lowest BCUT2D eigenvalue weighted by Gasteiger charge is -2.37. The molecule has 166 valence electrons. The van der Waals surface area contributed by atoms with Crippen LogP contribution in [0.5, 0.6) is 0 Å². The van der Waals surface area contributed by atoms with Crippen molar-refractivity contribution in [2.75, 3.05) is 42.6 Å². The fourth-order valence-electron chi connectivity index (χ4n) is 4.83. The van der Waals surface area contributed by atoms with Crippen molar-refractivity contribution in [1.82, 2.24) is 14.8 Å². The van der Waals surface area contributed by atoms with E-state index in [0.29, 0.717) is 17.7 Å². The molecule has 3 amide bonds. The smallest absolute Gasteiger partial charge is 0.263 e. The van der Waals surface area contributed by atoms with E-state index in [1.54, 1.807) is 18.5 Å². The van der Waals surface area contributed by atoms with Gasteiger partial charge < -0.3 is 9.80 Å². The van der Waals surface area contributed by atoms with E-state index in [4.69, 9.17) is 0 Å². The van der Waals surface area contributed by atoms with Crippen molar-refractivity contribution in [2.45, 2.75) is 19.4 Å². The summed E-state index contributed by atoms with van der Waals surface area (Å²) in [7, 11) is 0. The summed E-state index contributed by atoms with van der Waals surface area (Å²) in [5.41, 5.74) is 2.54. The summed E-state index contributed by atoms with van der Waals surface area (Å²) in [5.74, 6) is 1.63. The van der Waals surface area contributed by atoms with E-state index < -0.39 is 0 Å². The first-order chi connectivity index (χ1) is 15.6. The Balaban J connectivity index is 1.38. The minimum atomic E-state index is -0.265. The Hall–Kier alpha value is -2.87. The molecule has 3 aliphatic rings. The Labute approximate surface area is 191 Å². The molecule has 0 N–H and O–H groups in total. The zero-order valence-electron chi connectivity index (χ0n) is 17.9. The van der Waals surface area contributed by atoms with Crippen LogP contribution in [0.3, 0.4) is 0 Å². The number of carbonyl (C=O) groups excluding carboxylic acids is 3. The highest BCUT2D eigenvalue weighted by atomic mass is 32.2. The fraction of sp³-hybridized carbons (Fsp3) is 0.417. The van der Waals surface area contributed by atoms with E-state index in [2.05, 4.69) is 9.88 Å². The minimum Gasteiger partial charge on any atom is -0.370 e. The van der Waals surface area contributed by atoms with Gasteiger partial charge in [-0.2, -0.15) is 11.8 Å². The maximum atomic E-state index is 13.3. The zero-order valence-corrected chi connectivity index (χ0v) is 18.7. The van der Waals surface area contributed by atoms with Crippen LogP contribution in [0.25, 0.3) is 0 Å². The molecular weight excluding hydrogens is 424 g/mol. The van der Waals surface area contributed by atoms with Crippen LogP contribution in [0, 0.1) is 5.92 Å². The second-order valence-electron chi connectivity index (χ2n) is 8.47. The highest BCUT2D eigenvalue weighted by molar-refractivity contribution is 7.99. The number of anilines is 1. The summed E-state index contributed by atoms with van der Waals surface area (Å²) in [4.78, 5) is 48.9. The number of thioether (sulfide) groups is 1. The summed E-state index contributed by atoms with van der Waals surface area (Å²) >= 11 is 1.89. The molecule has 3 aliphatic heterocycles.